The first-order chi connectivity index (χ1) is 9.16. The summed E-state index contributed by atoms with van der Waals surface area (Å²) in [7, 11) is 1.19. The van der Waals surface area contributed by atoms with Crippen LogP contribution in [0.2, 0.25) is 10.0 Å². The molecule has 4 nitrogen and oxygen atoms in total. The molecular formula is C12H14Cl3NO3S. The van der Waals surface area contributed by atoms with Gasteiger partial charge in [0, 0.05) is 21.7 Å². The van der Waals surface area contributed by atoms with E-state index in [-0.39, 0.29) is 26.5 Å². The van der Waals surface area contributed by atoms with Gasteiger partial charge >= 0.3 is 0 Å². The predicted molar refractivity (Wildman–Crippen MR) is 81.3 cm³/mol. The molecule has 112 valence electrons. The molecule has 1 N–H and O–H groups in total. The Labute approximate surface area is 132 Å². The summed E-state index contributed by atoms with van der Waals surface area (Å²) >= 11 is 11.7. The lowest BCUT2D eigenvalue weighted by molar-refractivity contribution is 0.0938. The van der Waals surface area contributed by atoms with Gasteiger partial charge in [-0.05, 0) is 25.5 Å². The first-order valence-corrected chi connectivity index (χ1v) is 8.98. The van der Waals surface area contributed by atoms with Crippen molar-refractivity contribution < 1.29 is 13.2 Å². The van der Waals surface area contributed by atoms with Crippen molar-refractivity contribution in [3.05, 3.63) is 27.7 Å². The number of carbonyl (C=O) groups is 1. The van der Waals surface area contributed by atoms with Gasteiger partial charge in [-0.25, -0.2) is 8.42 Å². The van der Waals surface area contributed by atoms with E-state index < -0.39 is 15.0 Å². The number of nitrogens with one attached hydrogen (secondary N) is 1. The van der Waals surface area contributed by atoms with Crippen LogP contribution in [0.15, 0.2) is 17.0 Å². The molecule has 0 radical (unpaired) electrons. The second kappa shape index (κ2) is 6.98. The first kappa shape index (κ1) is 17.6. The Bertz CT molecular complexity index is 617. The lowest BCUT2D eigenvalue weighted by Crippen LogP contribution is -2.32. The molecule has 0 spiro atoms. The van der Waals surface area contributed by atoms with Crippen molar-refractivity contribution >= 4 is 48.8 Å². The van der Waals surface area contributed by atoms with E-state index in [2.05, 4.69) is 5.32 Å². The highest BCUT2D eigenvalue weighted by atomic mass is 35.7. The number of benzene rings is 1. The van der Waals surface area contributed by atoms with Crippen molar-refractivity contribution in [3.8, 4) is 0 Å². The van der Waals surface area contributed by atoms with Gasteiger partial charge < -0.3 is 5.32 Å². The van der Waals surface area contributed by atoms with Gasteiger partial charge in [-0.1, -0.05) is 36.5 Å². The Morgan fingerprint density at radius 2 is 1.95 bits per heavy atom. The number of halogens is 3. The summed E-state index contributed by atoms with van der Waals surface area (Å²) in [4.78, 5) is 11.7. The molecule has 0 aromatic heterocycles. The first-order valence-electron chi connectivity index (χ1n) is 5.91. The van der Waals surface area contributed by atoms with Gasteiger partial charge in [0.25, 0.3) is 15.0 Å². The van der Waals surface area contributed by atoms with E-state index in [0.717, 1.165) is 18.9 Å². The Morgan fingerprint density at radius 3 is 2.45 bits per heavy atom. The largest absolute Gasteiger partial charge is 0.350 e. The summed E-state index contributed by atoms with van der Waals surface area (Å²) in [6.07, 6.45) is 1.70. The molecule has 0 saturated carbocycles. The number of amides is 1. The molecule has 1 aromatic carbocycles. The zero-order valence-electron chi connectivity index (χ0n) is 10.9. The van der Waals surface area contributed by atoms with Crippen LogP contribution in [0, 0.1) is 0 Å². The Balaban J connectivity index is 3.19. The highest BCUT2D eigenvalue weighted by molar-refractivity contribution is 8.13. The molecule has 1 unspecified atom stereocenters. The lowest BCUT2D eigenvalue weighted by atomic mass is 10.1. The molecule has 0 aliphatic carbocycles. The zero-order valence-corrected chi connectivity index (χ0v) is 14.0. The van der Waals surface area contributed by atoms with Crippen LogP contribution >= 0.6 is 33.9 Å². The van der Waals surface area contributed by atoms with Gasteiger partial charge in [-0.15, -0.1) is 0 Å². The summed E-state index contributed by atoms with van der Waals surface area (Å²) in [5, 5.41) is 2.56. The monoisotopic (exact) mass is 357 g/mol. The Hall–Kier alpha value is -0.490. The fourth-order valence-electron chi connectivity index (χ4n) is 1.71. The predicted octanol–water partition coefficient (Wildman–Crippen LogP) is 3.84. The molecule has 0 aliphatic heterocycles. The van der Waals surface area contributed by atoms with Crippen LogP contribution in [0.5, 0.6) is 0 Å². The fourth-order valence-corrected chi connectivity index (χ4v) is 3.57. The van der Waals surface area contributed by atoms with Crippen LogP contribution in [-0.2, 0) is 9.05 Å². The molecule has 1 aromatic rings. The highest BCUT2D eigenvalue weighted by Gasteiger charge is 2.22. The van der Waals surface area contributed by atoms with Crippen LogP contribution in [-0.4, -0.2) is 20.4 Å². The molecule has 1 atom stereocenters. The third-order valence-corrected chi connectivity index (χ3v) is 4.69. The van der Waals surface area contributed by atoms with Crippen LogP contribution in [0.1, 0.15) is 37.0 Å². The number of carbonyl (C=O) groups excluding carboxylic acids is 1. The summed E-state index contributed by atoms with van der Waals surface area (Å²) in [6.45, 7) is 3.84. The minimum absolute atomic E-state index is 0.0126. The average molecular weight is 359 g/mol. The molecule has 0 fully saturated rings. The lowest BCUT2D eigenvalue weighted by Gasteiger charge is -2.14. The van der Waals surface area contributed by atoms with Crippen molar-refractivity contribution in [1.82, 2.24) is 5.32 Å². The second-order valence-corrected chi connectivity index (χ2v) is 7.72. The van der Waals surface area contributed by atoms with Crippen molar-refractivity contribution in [2.45, 2.75) is 37.6 Å². The van der Waals surface area contributed by atoms with E-state index in [9.17, 15) is 13.2 Å². The average Bonchev–Trinajstić information content (AvgIpc) is 2.30. The van der Waals surface area contributed by atoms with Gasteiger partial charge in [-0.2, -0.15) is 0 Å². The molecule has 0 saturated heterocycles. The minimum Gasteiger partial charge on any atom is -0.350 e. The van der Waals surface area contributed by atoms with Crippen molar-refractivity contribution in [2.24, 2.45) is 0 Å². The molecule has 8 heteroatoms. The van der Waals surface area contributed by atoms with Crippen LogP contribution in [0.4, 0.5) is 0 Å². The molecule has 1 rings (SSSR count). The van der Waals surface area contributed by atoms with Gasteiger partial charge in [-0.3, -0.25) is 4.79 Å². The quantitative estimate of drug-likeness (QED) is 0.813. The highest BCUT2D eigenvalue weighted by Crippen LogP contribution is 2.31. The summed E-state index contributed by atoms with van der Waals surface area (Å²) in [6, 6.07) is 2.36. The number of hydrogen-bond donors (Lipinski definition) is 1. The number of hydrogen-bond acceptors (Lipinski definition) is 3. The van der Waals surface area contributed by atoms with E-state index in [0.29, 0.717) is 0 Å². The van der Waals surface area contributed by atoms with Crippen LogP contribution in [0.3, 0.4) is 0 Å². The third kappa shape index (κ3) is 4.52. The standard InChI is InChI=1S/C12H14Cl3NO3S/c1-3-4-7(2)16-12(17)9-5-8(13)6-10(11(9)14)20(15,18)19/h5-7H,3-4H2,1-2H3,(H,16,17). The summed E-state index contributed by atoms with van der Waals surface area (Å²) < 4.78 is 22.8. The normalized spacial score (nSPS) is 13.1. The smallest absolute Gasteiger partial charge is 0.262 e. The maximum Gasteiger partial charge on any atom is 0.262 e. The van der Waals surface area contributed by atoms with Crippen molar-refractivity contribution in [2.75, 3.05) is 0 Å². The van der Waals surface area contributed by atoms with Crippen LogP contribution in [0.25, 0.3) is 0 Å². The minimum atomic E-state index is -4.07. The SMILES string of the molecule is CCCC(C)NC(=O)c1cc(Cl)cc(S(=O)(=O)Cl)c1Cl. The Morgan fingerprint density at radius 1 is 1.35 bits per heavy atom. The summed E-state index contributed by atoms with van der Waals surface area (Å²) in [5.74, 6) is -0.486. The molecular weight excluding hydrogens is 345 g/mol. The van der Waals surface area contributed by atoms with Crippen molar-refractivity contribution in [1.29, 1.82) is 0 Å². The second-order valence-electron chi connectivity index (χ2n) is 4.37. The third-order valence-electron chi connectivity index (χ3n) is 2.61. The van der Waals surface area contributed by atoms with E-state index in [4.69, 9.17) is 33.9 Å². The molecule has 0 bridgehead atoms. The van der Waals surface area contributed by atoms with Gasteiger partial charge in [0.05, 0.1) is 10.6 Å². The molecule has 0 heterocycles. The fraction of sp³-hybridized carbons (Fsp3) is 0.417. The Kier molecular flexibility index (Phi) is 6.13. The van der Waals surface area contributed by atoms with E-state index in [1.807, 2.05) is 13.8 Å². The topological polar surface area (TPSA) is 63.2 Å². The maximum absolute atomic E-state index is 12.1. The van der Waals surface area contributed by atoms with E-state index >= 15 is 0 Å². The molecule has 20 heavy (non-hydrogen) atoms. The summed E-state index contributed by atoms with van der Waals surface area (Å²) in [5.41, 5.74) is -0.0126. The molecule has 1 amide bonds. The van der Waals surface area contributed by atoms with Gasteiger partial charge in [0.1, 0.15) is 4.90 Å². The van der Waals surface area contributed by atoms with E-state index in [1.165, 1.54) is 6.07 Å². The molecule has 0 aliphatic rings. The van der Waals surface area contributed by atoms with E-state index in [1.54, 1.807) is 0 Å². The number of rotatable bonds is 5. The van der Waals surface area contributed by atoms with Gasteiger partial charge in [0.2, 0.25) is 0 Å². The van der Waals surface area contributed by atoms with Crippen LogP contribution < -0.4 is 5.32 Å². The van der Waals surface area contributed by atoms with Gasteiger partial charge in [0.15, 0.2) is 0 Å². The van der Waals surface area contributed by atoms with Crippen molar-refractivity contribution in [3.63, 3.8) is 0 Å². The zero-order chi connectivity index (χ0) is 15.5. The maximum atomic E-state index is 12.1.